The van der Waals surface area contributed by atoms with Gasteiger partial charge in [0.1, 0.15) is 6.26 Å². The smallest absolute Gasteiger partial charge is 0.107 e. The predicted octanol–water partition coefficient (Wildman–Crippen LogP) is 3.39. The first-order valence-electron chi connectivity index (χ1n) is 5.74. The van der Waals surface area contributed by atoms with Crippen molar-refractivity contribution in [1.29, 1.82) is 0 Å². The summed E-state index contributed by atoms with van der Waals surface area (Å²) in [6, 6.07) is 8.80. The first-order valence-corrected chi connectivity index (χ1v) is 5.74. The summed E-state index contributed by atoms with van der Waals surface area (Å²) in [5, 5.41) is 0. The molecule has 2 N–H and O–H groups in total. The Morgan fingerprint density at radius 2 is 1.81 bits per heavy atom. The standard InChI is InChI=1S/C14H21NO/c1-11(2)14-6-4-13(5-7-14)10-12(3)8-9-16-15/h4-9,11-12H,10,15H2,1-3H3/b9-8+. The molecule has 1 aromatic rings. The Labute approximate surface area is 98.1 Å². The fourth-order valence-corrected chi connectivity index (χ4v) is 1.66. The molecule has 0 saturated carbocycles. The van der Waals surface area contributed by atoms with E-state index in [1.165, 1.54) is 17.4 Å². The van der Waals surface area contributed by atoms with Gasteiger partial charge >= 0.3 is 0 Å². The topological polar surface area (TPSA) is 35.2 Å². The van der Waals surface area contributed by atoms with E-state index >= 15 is 0 Å². The van der Waals surface area contributed by atoms with Gasteiger partial charge in [0.25, 0.3) is 0 Å². The van der Waals surface area contributed by atoms with Crippen LogP contribution in [0.4, 0.5) is 0 Å². The molecule has 88 valence electrons. The summed E-state index contributed by atoms with van der Waals surface area (Å²) in [5.74, 6) is 5.97. The summed E-state index contributed by atoms with van der Waals surface area (Å²) < 4.78 is 0. The maximum Gasteiger partial charge on any atom is 0.107 e. The van der Waals surface area contributed by atoms with Gasteiger partial charge in [0.05, 0.1) is 0 Å². The lowest BCUT2D eigenvalue weighted by atomic mass is 9.97. The average Bonchev–Trinajstić information content (AvgIpc) is 2.27. The monoisotopic (exact) mass is 219 g/mol. The first kappa shape index (κ1) is 12.8. The molecule has 2 nitrogen and oxygen atoms in total. The van der Waals surface area contributed by atoms with Crippen molar-refractivity contribution >= 4 is 0 Å². The number of allylic oxidation sites excluding steroid dienone is 1. The molecule has 0 radical (unpaired) electrons. The van der Waals surface area contributed by atoms with Crippen LogP contribution in [0, 0.1) is 5.92 Å². The molecular weight excluding hydrogens is 198 g/mol. The quantitative estimate of drug-likeness (QED) is 0.608. The molecule has 0 aliphatic carbocycles. The van der Waals surface area contributed by atoms with Crippen LogP contribution < -0.4 is 5.90 Å². The predicted molar refractivity (Wildman–Crippen MR) is 67.8 cm³/mol. The third-order valence-electron chi connectivity index (χ3n) is 2.69. The normalized spacial score (nSPS) is 13.3. The van der Waals surface area contributed by atoms with Gasteiger partial charge in [0.2, 0.25) is 0 Å². The van der Waals surface area contributed by atoms with Gasteiger partial charge < -0.3 is 4.84 Å². The molecule has 0 bridgehead atoms. The van der Waals surface area contributed by atoms with E-state index in [1.807, 2.05) is 6.08 Å². The molecule has 0 saturated heterocycles. The number of nitrogens with two attached hydrogens (primary N) is 1. The van der Waals surface area contributed by atoms with Crippen LogP contribution >= 0.6 is 0 Å². The van der Waals surface area contributed by atoms with Crippen molar-refractivity contribution in [1.82, 2.24) is 0 Å². The van der Waals surface area contributed by atoms with E-state index < -0.39 is 0 Å². The minimum Gasteiger partial charge on any atom is -0.420 e. The molecule has 1 aromatic carbocycles. The third-order valence-corrected chi connectivity index (χ3v) is 2.69. The highest BCUT2D eigenvalue weighted by molar-refractivity contribution is 5.25. The zero-order chi connectivity index (χ0) is 12.0. The third kappa shape index (κ3) is 4.07. The molecule has 0 spiro atoms. The highest BCUT2D eigenvalue weighted by Gasteiger charge is 2.02. The van der Waals surface area contributed by atoms with Gasteiger partial charge in [-0.25, -0.2) is 0 Å². The fourth-order valence-electron chi connectivity index (χ4n) is 1.66. The minimum atomic E-state index is 0.438. The molecule has 2 heteroatoms. The lowest BCUT2D eigenvalue weighted by Crippen LogP contribution is -1.98. The summed E-state index contributed by atoms with van der Waals surface area (Å²) in [6.07, 6.45) is 4.52. The largest absolute Gasteiger partial charge is 0.420 e. The van der Waals surface area contributed by atoms with Gasteiger partial charge in [-0.15, -0.1) is 0 Å². The van der Waals surface area contributed by atoms with E-state index in [0.717, 1.165) is 6.42 Å². The van der Waals surface area contributed by atoms with Gasteiger partial charge in [0.15, 0.2) is 0 Å². The summed E-state index contributed by atoms with van der Waals surface area (Å²) in [6.45, 7) is 6.56. The minimum absolute atomic E-state index is 0.438. The summed E-state index contributed by atoms with van der Waals surface area (Å²) >= 11 is 0. The molecule has 0 aromatic heterocycles. The summed E-state index contributed by atoms with van der Waals surface area (Å²) in [7, 11) is 0. The van der Waals surface area contributed by atoms with Gasteiger partial charge in [-0.2, -0.15) is 5.90 Å². The Kier molecular flexibility index (Phi) is 5.06. The Morgan fingerprint density at radius 3 is 2.31 bits per heavy atom. The van der Waals surface area contributed by atoms with Crippen molar-refractivity contribution in [2.45, 2.75) is 33.1 Å². The van der Waals surface area contributed by atoms with E-state index in [1.54, 1.807) is 0 Å². The van der Waals surface area contributed by atoms with Gasteiger partial charge in [0, 0.05) is 0 Å². The van der Waals surface area contributed by atoms with Crippen LogP contribution in [0.25, 0.3) is 0 Å². The first-order chi connectivity index (χ1) is 7.63. The number of rotatable bonds is 5. The molecule has 0 aliphatic heterocycles. The van der Waals surface area contributed by atoms with E-state index in [2.05, 4.69) is 49.9 Å². The highest BCUT2D eigenvalue weighted by Crippen LogP contribution is 2.16. The molecular formula is C14H21NO. The van der Waals surface area contributed by atoms with Crippen LogP contribution in [0.3, 0.4) is 0 Å². The SMILES string of the molecule is CC(/C=C/ON)Cc1ccc(C(C)C)cc1. The second kappa shape index (κ2) is 6.33. The van der Waals surface area contributed by atoms with Crippen molar-refractivity contribution in [2.24, 2.45) is 11.8 Å². The van der Waals surface area contributed by atoms with Crippen LogP contribution in [-0.4, -0.2) is 0 Å². The molecule has 0 amide bonds. The molecule has 0 heterocycles. The average molecular weight is 219 g/mol. The van der Waals surface area contributed by atoms with Gasteiger partial charge in [-0.1, -0.05) is 45.0 Å². The Morgan fingerprint density at radius 1 is 1.19 bits per heavy atom. The van der Waals surface area contributed by atoms with Crippen LogP contribution in [0.15, 0.2) is 36.6 Å². The Balaban J connectivity index is 2.58. The zero-order valence-electron chi connectivity index (χ0n) is 10.3. The van der Waals surface area contributed by atoms with Crippen LogP contribution in [0.5, 0.6) is 0 Å². The maximum atomic E-state index is 4.94. The molecule has 1 atom stereocenters. The molecule has 16 heavy (non-hydrogen) atoms. The van der Waals surface area contributed by atoms with E-state index in [0.29, 0.717) is 11.8 Å². The second-order valence-electron chi connectivity index (χ2n) is 4.54. The lowest BCUT2D eigenvalue weighted by Gasteiger charge is -2.09. The van der Waals surface area contributed by atoms with Crippen molar-refractivity contribution in [3.05, 3.63) is 47.7 Å². The summed E-state index contributed by atoms with van der Waals surface area (Å²) in [4.78, 5) is 4.42. The number of benzene rings is 1. The fraction of sp³-hybridized carbons (Fsp3) is 0.429. The van der Waals surface area contributed by atoms with E-state index in [-0.39, 0.29) is 0 Å². The molecule has 1 rings (SSSR count). The van der Waals surface area contributed by atoms with E-state index in [9.17, 15) is 0 Å². The number of hydrogen-bond acceptors (Lipinski definition) is 2. The second-order valence-corrected chi connectivity index (χ2v) is 4.54. The number of hydrogen-bond donors (Lipinski definition) is 1. The molecule has 1 unspecified atom stereocenters. The molecule has 0 aliphatic rings. The Hall–Kier alpha value is -1.28. The highest BCUT2D eigenvalue weighted by atomic mass is 16.6. The van der Waals surface area contributed by atoms with Crippen molar-refractivity contribution < 1.29 is 4.84 Å². The van der Waals surface area contributed by atoms with E-state index in [4.69, 9.17) is 5.90 Å². The van der Waals surface area contributed by atoms with Crippen molar-refractivity contribution in [3.8, 4) is 0 Å². The van der Waals surface area contributed by atoms with Crippen molar-refractivity contribution in [3.63, 3.8) is 0 Å². The Bertz CT molecular complexity index is 327. The van der Waals surface area contributed by atoms with Gasteiger partial charge in [-0.05, 0) is 35.5 Å². The van der Waals surface area contributed by atoms with Crippen molar-refractivity contribution in [2.75, 3.05) is 0 Å². The summed E-state index contributed by atoms with van der Waals surface area (Å²) in [5.41, 5.74) is 2.73. The van der Waals surface area contributed by atoms with Crippen LogP contribution in [-0.2, 0) is 11.3 Å². The molecule has 0 fully saturated rings. The van der Waals surface area contributed by atoms with Crippen LogP contribution in [0.2, 0.25) is 0 Å². The zero-order valence-corrected chi connectivity index (χ0v) is 10.3. The lowest BCUT2D eigenvalue weighted by molar-refractivity contribution is 0.258. The maximum absolute atomic E-state index is 4.94. The van der Waals surface area contributed by atoms with Crippen LogP contribution in [0.1, 0.15) is 37.8 Å². The van der Waals surface area contributed by atoms with Gasteiger partial charge in [-0.3, -0.25) is 0 Å².